The number of nitrogens with zero attached hydrogens (tertiary/aromatic N) is 8. The Hall–Kier alpha value is -5.31. The minimum atomic E-state index is -4.68. The van der Waals surface area contributed by atoms with Gasteiger partial charge in [-0.3, -0.25) is 14.6 Å². The highest BCUT2D eigenvalue weighted by Crippen LogP contribution is 2.48. The first-order valence-electron chi connectivity index (χ1n) is 15.9. The fourth-order valence-corrected chi connectivity index (χ4v) is 6.53. The first kappa shape index (κ1) is 32.2. The van der Waals surface area contributed by atoms with Crippen LogP contribution in [0, 0.1) is 28.1 Å². The van der Waals surface area contributed by atoms with Gasteiger partial charge in [0, 0.05) is 56.2 Å². The average molecular weight is 668 g/mol. The number of alkyl halides is 3. The predicted molar refractivity (Wildman–Crippen MR) is 173 cm³/mol. The molecule has 11 nitrogen and oxygen atoms in total. The average Bonchev–Trinajstić information content (AvgIpc) is 3.60. The molecule has 2 aliphatic heterocycles. The molecular weight excluding hydrogens is 635 g/mol. The van der Waals surface area contributed by atoms with E-state index in [1.807, 2.05) is 4.90 Å². The molecule has 2 aromatic heterocycles. The number of hydrogen-bond donors (Lipinski definition) is 1. The van der Waals surface area contributed by atoms with E-state index in [1.54, 1.807) is 54.3 Å². The maximum Gasteiger partial charge on any atom is 0.416 e. The number of benzene rings is 2. The van der Waals surface area contributed by atoms with Gasteiger partial charge in [-0.2, -0.15) is 23.7 Å². The van der Waals surface area contributed by atoms with Crippen LogP contribution in [0.5, 0.6) is 0 Å². The van der Waals surface area contributed by atoms with Crippen LogP contribution in [-0.2, 0) is 31.1 Å². The van der Waals surface area contributed by atoms with Crippen molar-refractivity contribution < 1.29 is 22.7 Å². The van der Waals surface area contributed by atoms with E-state index in [2.05, 4.69) is 27.7 Å². The number of carbonyl (C=O) groups is 1. The van der Waals surface area contributed by atoms with Crippen molar-refractivity contribution in [3.05, 3.63) is 76.6 Å². The third-order valence-electron chi connectivity index (χ3n) is 9.47. The highest BCUT2D eigenvalue weighted by molar-refractivity contribution is 6.10. The van der Waals surface area contributed by atoms with Crippen LogP contribution >= 0.6 is 0 Å². The lowest BCUT2D eigenvalue weighted by molar-refractivity contribution is -0.138. The summed E-state index contributed by atoms with van der Waals surface area (Å²) in [5, 5.41) is 30.7. The van der Waals surface area contributed by atoms with E-state index in [0.29, 0.717) is 78.7 Å². The molecule has 14 heteroatoms. The maximum absolute atomic E-state index is 14.5. The van der Waals surface area contributed by atoms with Crippen LogP contribution in [-0.4, -0.2) is 63.4 Å². The van der Waals surface area contributed by atoms with Gasteiger partial charge in [0.15, 0.2) is 5.82 Å². The number of pyridine rings is 1. The van der Waals surface area contributed by atoms with Crippen LogP contribution in [0.4, 0.5) is 24.8 Å². The summed E-state index contributed by atoms with van der Waals surface area (Å²) in [5.74, 6) is 0.490. The normalized spacial score (nSPS) is 17.0. The number of nitriles is 2. The topological polar surface area (TPSA) is 136 Å². The molecule has 3 aliphatic rings. The van der Waals surface area contributed by atoms with Gasteiger partial charge in [0.25, 0.3) is 5.91 Å². The number of aryl methyl sites for hydroxylation is 1. The van der Waals surface area contributed by atoms with Crippen molar-refractivity contribution in [2.45, 2.75) is 38.5 Å². The summed E-state index contributed by atoms with van der Waals surface area (Å²) in [7, 11) is 1.79. The summed E-state index contributed by atoms with van der Waals surface area (Å²) in [6.45, 7) is 2.57. The lowest BCUT2D eigenvalue weighted by Crippen LogP contribution is -2.35. The Morgan fingerprint density at radius 2 is 1.84 bits per heavy atom. The minimum Gasteiger partial charge on any atom is -0.379 e. The molecule has 1 saturated heterocycles. The van der Waals surface area contributed by atoms with E-state index in [1.165, 1.54) is 4.90 Å². The van der Waals surface area contributed by atoms with Crippen LogP contribution in [0.25, 0.3) is 22.5 Å². The highest BCUT2D eigenvalue weighted by Gasteiger charge is 2.43. The molecule has 4 heterocycles. The van der Waals surface area contributed by atoms with Gasteiger partial charge in [-0.1, -0.05) is 0 Å². The predicted octanol–water partition coefficient (Wildman–Crippen LogP) is 5.53. The molecule has 250 valence electrons. The monoisotopic (exact) mass is 667 g/mol. The van der Waals surface area contributed by atoms with Crippen molar-refractivity contribution in [2.24, 2.45) is 12.5 Å². The molecule has 1 N–H and O–H groups in total. The quantitative estimate of drug-likeness (QED) is 0.244. The number of nitrogens with one attached hydrogen (secondary N) is 1. The molecule has 1 amide bonds. The summed E-state index contributed by atoms with van der Waals surface area (Å²) in [6, 6.07) is 15.7. The number of morpholine rings is 1. The van der Waals surface area contributed by atoms with Gasteiger partial charge in [0.1, 0.15) is 18.0 Å². The van der Waals surface area contributed by atoms with Crippen LogP contribution in [0.2, 0.25) is 0 Å². The number of halogens is 3. The molecule has 0 bridgehead atoms. The van der Waals surface area contributed by atoms with Crippen molar-refractivity contribution in [1.29, 1.82) is 10.5 Å². The number of amides is 1. The molecule has 0 radical (unpaired) electrons. The SMILES string of the molecule is Cn1cnnc1-c1ccc(C#N)cc1-c1cc(NCC2(CC#N)CC2)nc(N2Cc3c(cc(CN4CCOCC4)cc3C(F)(F)F)C2=O)c1. The molecule has 0 atom stereocenters. The molecule has 2 aromatic carbocycles. The number of anilines is 2. The van der Waals surface area contributed by atoms with E-state index in [0.717, 1.165) is 18.9 Å². The second-order valence-corrected chi connectivity index (χ2v) is 12.9. The van der Waals surface area contributed by atoms with Crippen LogP contribution in [0.1, 0.15) is 51.9 Å². The summed E-state index contributed by atoms with van der Waals surface area (Å²) in [4.78, 5) is 22.1. The lowest BCUT2D eigenvalue weighted by atomic mass is 9.97. The van der Waals surface area contributed by atoms with Crippen molar-refractivity contribution in [1.82, 2.24) is 24.6 Å². The second kappa shape index (κ2) is 12.6. The number of hydrogen-bond acceptors (Lipinski definition) is 9. The first-order valence-corrected chi connectivity index (χ1v) is 15.9. The number of carbonyl (C=O) groups excluding carboxylic acids is 1. The van der Waals surface area contributed by atoms with Gasteiger partial charge in [-0.15, -0.1) is 10.2 Å². The van der Waals surface area contributed by atoms with Gasteiger partial charge in [0.05, 0.1) is 43.0 Å². The zero-order chi connectivity index (χ0) is 34.3. The lowest BCUT2D eigenvalue weighted by Gasteiger charge is -2.27. The minimum absolute atomic E-state index is 0.00278. The Balaban J connectivity index is 1.32. The van der Waals surface area contributed by atoms with E-state index in [9.17, 15) is 28.5 Å². The summed E-state index contributed by atoms with van der Waals surface area (Å²) in [5.41, 5.74) is 1.50. The third-order valence-corrected chi connectivity index (χ3v) is 9.47. The molecule has 7 rings (SSSR count). The van der Waals surface area contributed by atoms with E-state index >= 15 is 0 Å². The summed E-state index contributed by atoms with van der Waals surface area (Å²) in [6.07, 6.45) is -0.981. The Morgan fingerprint density at radius 3 is 2.51 bits per heavy atom. The fourth-order valence-electron chi connectivity index (χ4n) is 6.53. The van der Waals surface area contributed by atoms with Crippen molar-refractivity contribution in [2.75, 3.05) is 43.1 Å². The molecule has 2 fully saturated rings. The van der Waals surface area contributed by atoms with Crippen molar-refractivity contribution in [3.8, 4) is 34.7 Å². The number of fused-ring (bicyclic) bond motifs is 1. The first-order chi connectivity index (χ1) is 23.6. The van der Waals surface area contributed by atoms with Gasteiger partial charge >= 0.3 is 6.18 Å². The number of aromatic nitrogens is 4. The standard InChI is InChI=1S/C35H32F3N9O2/c1-45-21-42-44-32(45)25-3-2-22(17-40)12-26(25)24-15-30(41-20-34(4-5-34)6-7-39)43-31(16-24)47-19-28-27(33(47)48)13-23(14-29(28)35(36,37)38)18-46-8-10-49-11-9-46/h2-3,12-16,21H,4-6,8-11,18-20H2,1H3,(H,41,43). The van der Waals surface area contributed by atoms with Crippen molar-refractivity contribution in [3.63, 3.8) is 0 Å². The summed E-state index contributed by atoms with van der Waals surface area (Å²) < 4.78 is 50.7. The molecule has 0 unspecified atom stereocenters. The Morgan fingerprint density at radius 1 is 1.04 bits per heavy atom. The largest absolute Gasteiger partial charge is 0.416 e. The van der Waals surface area contributed by atoms with E-state index < -0.39 is 17.6 Å². The molecule has 4 aromatic rings. The Kier molecular flexibility index (Phi) is 8.30. The molecule has 1 aliphatic carbocycles. The smallest absolute Gasteiger partial charge is 0.379 e. The molecule has 1 saturated carbocycles. The second-order valence-electron chi connectivity index (χ2n) is 12.9. The zero-order valence-electron chi connectivity index (χ0n) is 26.7. The van der Waals surface area contributed by atoms with Crippen LogP contribution in [0.3, 0.4) is 0 Å². The molecule has 0 spiro atoms. The number of ether oxygens (including phenoxy) is 1. The zero-order valence-corrected chi connectivity index (χ0v) is 26.7. The van der Waals surface area contributed by atoms with Gasteiger partial charge in [-0.25, -0.2) is 4.98 Å². The maximum atomic E-state index is 14.5. The Bertz CT molecular complexity index is 2020. The van der Waals surface area contributed by atoms with E-state index in [4.69, 9.17) is 9.72 Å². The third kappa shape index (κ3) is 6.45. The fraction of sp³-hybridized carbons (Fsp3) is 0.371. The molecule has 49 heavy (non-hydrogen) atoms. The van der Waals surface area contributed by atoms with Gasteiger partial charge in [-0.05, 0) is 77.6 Å². The van der Waals surface area contributed by atoms with Crippen LogP contribution < -0.4 is 10.2 Å². The van der Waals surface area contributed by atoms with Crippen molar-refractivity contribution >= 4 is 17.5 Å². The van der Waals surface area contributed by atoms with Gasteiger partial charge in [0.2, 0.25) is 0 Å². The highest BCUT2D eigenvalue weighted by atomic mass is 19.4. The van der Waals surface area contributed by atoms with E-state index in [-0.39, 0.29) is 35.4 Å². The molecular formula is C35H32F3N9O2. The van der Waals surface area contributed by atoms with Crippen LogP contribution in [0.15, 0.2) is 48.8 Å². The summed E-state index contributed by atoms with van der Waals surface area (Å²) >= 11 is 0. The van der Waals surface area contributed by atoms with Gasteiger partial charge < -0.3 is 14.6 Å². The Labute approximate surface area is 280 Å². The number of rotatable bonds is 9.